The number of carboxylic acid groups (broad SMARTS) is 1. The fourth-order valence-corrected chi connectivity index (χ4v) is 2.32. The number of rotatable bonds is 6. The minimum absolute atomic E-state index is 0.0239. The first-order chi connectivity index (χ1) is 9.58. The number of amides is 1. The Bertz CT molecular complexity index is 477. The minimum atomic E-state index is -0.788. The van der Waals surface area contributed by atoms with Crippen molar-refractivity contribution < 1.29 is 14.7 Å². The lowest BCUT2D eigenvalue weighted by Gasteiger charge is -2.12. The summed E-state index contributed by atoms with van der Waals surface area (Å²) in [6.07, 6.45) is 1.96. The molecule has 0 bridgehead atoms. The van der Waals surface area contributed by atoms with E-state index >= 15 is 0 Å². The highest BCUT2D eigenvalue weighted by Gasteiger charge is 2.25. The fraction of sp³-hybridized carbons (Fsp3) is 0.467. The summed E-state index contributed by atoms with van der Waals surface area (Å²) in [7, 11) is 0. The standard InChI is InChI=1S/C15H20N2O3/c1-10(15(19)20)5-4-8-16-14(18)13-9-11-6-2-3-7-12(11)17-13/h2-3,6-7,10,13,17H,4-5,8-9H2,1H3,(H,16,18)(H,19,20). The molecule has 108 valence electrons. The van der Waals surface area contributed by atoms with Crippen molar-refractivity contribution in [3.8, 4) is 0 Å². The Labute approximate surface area is 118 Å². The number of anilines is 1. The van der Waals surface area contributed by atoms with Gasteiger partial charge >= 0.3 is 5.97 Å². The molecule has 1 aliphatic rings. The normalized spacial score (nSPS) is 17.9. The largest absolute Gasteiger partial charge is 0.481 e. The van der Waals surface area contributed by atoms with Crippen LogP contribution in [0.3, 0.4) is 0 Å². The van der Waals surface area contributed by atoms with Gasteiger partial charge in [0.05, 0.1) is 5.92 Å². The third kappa shape index (κ3) is 3.50. The lowest BCUT2D eigenvalue weighted by molar-refractivity contribution is -0.141. The molecule has 5 heteroatoms. The molecule has 0 fully saturated rings. The summed E-state index contributed by atoms with van der Waals surface area (Å²) in [6.45, 7) is 2.20. The van der Waals surface area contributed by atoms with Crippen LogP contribution in [0.5, 0.6) is 0 Å². The number of aliphatic carboxylic acids is 1. The molecule has 0 saturated heterocycles. The Morgan fingerprint density at radius 1 is 1.45 bits per heavy atom. The predicted octanol–water partition coefficient (Wildman–Crippen LogP) is 1.64. The highest BCUT2D eigenvalue weighted by atomic mass is 16.4. The highest BCUT2D eigenvalue weighted by Crippen LogP contribution is 2.24. The van der Waals surface area contributed by atoms with Crippen LogP contribution >= 0.6 is 0 Å². The topological polar surface area (TPSA) is 78.4 Å². The zero-order valence-electron chi connectivity index (χ0n) is 11.6. The molecular formula is C15H20N2O3. The van der Waals surface area contributed by atoms with Crippen LogP contribution in [0.15, 0.2) is 24.3 Å². The summed E-state index contributed by atoms with van der Waals surface area (Å²) in [6, 6.07) is 7.68. The Hall–Kier alpha value is -2.04. The van der Waals surface area contributed by atoms with Crippen molar-refractivity contribution in [1.29, 1.82) is 0 Å². The molecule has 5 nitrogen and oxygen atoms in total. The molecule has 3 N–H and O–H groups in total. The van der Waals surface area contributed by atoms with E-state index in [1.165, 1.54) is 0 Å². The number of para-hydroxylation sites is 1. The lowest BCUT2D eigenvalue weighted by Crippen LogP contribution is -2.39. The van der Waals surface area contributed by atoms with Gasteiger partial charge in [-0.05, 0) is 24.5 Å². The summed E-state index contributed by atoms with van der Waals surface area (Å²) >= 11 is 0. The first kappa shape index (κ1) is 14.4. The lowest BCUT2D eigenvalue weighted by atomic mass is 10.1. The van der Waals surface area contributed by atoms with E-state index in [0.29, 0.717) is 25.8 Å². The first-order valence-electron chi connectivity index (χ1n) is 6.93. The van der Waals surface area contributed by atoms with Gasteiger partial charge in [-0.15, -0.1) is 0 Å². The van der Waals surface area contributed by atoms with E-state index in [9.17, 15) is 9.59 Å². The van der Waals surface area contributed by atoms with Crippen LogP contribution in [0.2, 0.25) is 0 Å². The molecule has 0 aromatic heterocycles. The van der Waals surface area contributed by atoms with Gasteiger partial charge < -0.3 is 15.7 Å². The predicted molar refractivity (Wildman–Crippen MR) is 76.6 cm³/mol. The molecule has 1 amide bonds. The maximum Gasteiger partial charge on any atom is 0.306 e. The van der Waals surface area contributed by atoms with Crippen molar-refractivity contribution in [2.75, 3.05) is 11.9 Å². The number of hydrogen-bond acceptors (Lipinski definition) is 3. The van der Waals surface area contributed by atoms with Gasteiger partial charge in [-0.25, -0.2) is 0 Å². The molecule has 0 radical (unpaired) electrons. The summed E-state index contributed by atoms with van der Waals surface area (Å²) < 4.78 is 0. The molecule has 2 atom stereocenters. The van der Waals surface area contributed by atoms with E-state index in [2.05, 4.69) is 10.6 Å². The third-order valence-corrected chi connectivity index (χ3v) is 3.62. The molecule has 1 aromatic rings. The van der Waals surface area contributed by atoms with Gasteiger partial charge in [-0.1, -0.05) is 25.1 Å². The molecule has 1 heterocycles. The van der Waals surface area contributed by atoms with E-state index in [0.717, 1.165) is 11.3 Å². The van der Waals surface area contributed by atoms with Crippen LogP contribution < -0.4 is 10.6 Å². The summed E-state index contributed by atoms with van der Waals surface area (Å²) in [5.41, 5.74) is 2.18. The number of carboxylic acids is 1. The van der Waals surface area contributed by atoms with Gasteiger partial charge in [-0.2, -0.15) is 0 Å². The quantitative estimate of drug-likeness (QED) is 0.690. The van der Waals surface area contributed by atoms with Crippen molar-refractivity contribution in [2.45, 2.75) is 32.2 Å². The summed E-state index contributed by atoms with van der Waals surface area (Å²) in [4.78, 5) is 22.7. The van der Waals surface area contributed by atoms with Gasteiger partial charge in [0.2, 0.25) is 5.91 Å². The van der Waals surface area contributed by atoms with Crippen LogP contribution in [-0.2, 0) is 16.0 Å². The second-order valence-corrected chi connectivity index (χ2v) is 5.23. The highest BCUT2D eigenvalue weighted by molar-refractivity contribution is 5.87. The fourth-order valence-electron chi connectivity index (χ4n) is 2.32. The average molecular weight is 276 g/mol. The number of carbonyl (C=O) groups excluding carboxylic acids is 1. The van der Waals surface area contributed by atoms with Crippen molar-refractivity contribution in [3.05, 3.63) is 29.8 Å². The Balaban J connectivity index is 1.71. The molecule has 2 unspecified atom stereocenters. The van der Waals surface area contributed by atoms with Gasteiger partial charge in [-0.3, -0.25) is 9.59 Å². The zero-order valence-corrected chi connectivity index (χ0v) is 11.6. The van der Waals surface area contributed by atoms with Crippen LogP contribution in [-0.4, -0.2) is 29.6 Å². The van der Waals surface area contributed by atoms with Gasteiger partial charge in [0.15, 0.2) is 0 Å². The Kier molecular flexibility index (Phi) is 4.61. The van der Waals surface area contributed by atoms with Crippen LogP contribution in [0.4, 0.5) is 5.69 Å². The molecule has 1 aromatic carbocycles. The Morgan fingerprint density at radius 3 is 2.90 bits per heavy atom. The molecule has 0 spiro atoms. The SMILES string of the molecule is CC(CCCNC(=O)C1Cc2ccccc2N1)C(=O)O. The van der Waals surface area contributed by atoms with Crippen LogP contribution in [0, 0.1) is 5.92 Å². The van der Waals surface area contributed by atoms with Crippen LogP contribution in [0.25, 0.3) is 0 Å². The number of carbonyl (C=O) groups is 2. The van der Waals surface area contributed by atoms with E-state index in [1.54, 1.807) is 6.92 Å². The molecular weight excluding hydrogens is 256 g/mol. The first-order valence-corrected chi connectivity index (χ1v) is 6.93. The van der Waals surface area contributed by atoms with Gasteiger partial charge in [0.25, 0.3) is 0 Å². The number of fused-ring (bicyclic) bond motifs is 1. The van der Waals surface area contributed by atoms with E-state index in [4.69, 9.17) is 5.11 Å². The van der Waals surface area contributed by atoms with E-state index < -0.39 is 5.97 Å². The number of nitrogens with one attached hydrogen (secondary N) is 2. The number of benzene rings is 1. The van der Waals surface area contributed by atoms with Gasteiger partial charge in [0.1, 0.15) is 6.04 Å². The summed E-state index contributed by atoms with van der Waals surface area (Å²) in [5.74, 6) is -1.17. The minimum Gasteiger partial charge on any atom is -0.481 e. The maximum absolute atomic E-state index is 12.0. The zero-order chi connectivity index (χ0) is 14.5. The molecule has 2 rings (SSSR count). The van der Waals surface area contributed by atoms with Gasteiger partial charge in [0, 0.05) is 18.7 Å². The van der Waals surface area contributed by atoms with Crippen molar-refractivity contribution in [1.82, 2.24) is 5.32 Å². The molecule has 0 aliphatic carbocycles. The van der Waals surface area contributed by atoms with E-state index in [1.807, 2.05) is 24.3 Å². The van der Waals surface area contributed by atoms with E-state index in [-0.39, 0.29) is 17.9 Å². The van der Waals surface area contributed by atoms with Crippen molar-refractivity contribution in [3.63, 3.8) is 0 Å². The number of hydrogen-bond donors (Lipinski definition) is 3. The van der Waals surface area contributed by atoms with Crippen molar-refractivity contribution >= 4 is 17.6 Å². The second-order valence-electron chi connectivity index (χ2n) is 5.23. The summed E-state index contributed by atoms with van der Waals surface area (Å²) in [5, 5.41) is 14.8. The van der Waals surface area contributed by atoms with Crippen molar-refractivity contribution in [2.24, 2.45) is 5.92 Å². The van der Waals surface area contributed by atoms with Crippen LogP contribution in [0.1, 0.15) is 25.3 Å². The molecule has 20 heavy (non-hydrogen) atoms. The maximum atomic E-state index is 12.0. The average Bonchev–Trinajstić information content (AvgIpc) is 2.86. The molecule has 1 aliphatic heterocycles. The molecule has 0 saturated carbocycles. The smallest absolute Gasteiger partial charge is 0.306 e. The Morgan fingerprint density at radius 2 is 2.20 bits per heavy atom. The third-order valence-electron chi connectivity index (χ3n) is 3.62. The monoisotopic (exact) mass is 276 g/mol. The second kappa shape index (κ2) is 6.41.